The lowest BCUT2D eigenvalue weighted by atomic mass is 10.1. The fourth-order valence-corrected chi connectivity index (χ4v) is 4.44. The van der Waals surface area contributed by atoms with E-state index in [1.54, 1.807) is 13.8 Å². The van der Waals surface area contributed by atoms with Crippen molar-refractivity contribution < 1.29 is 27.5 Å². The maximum Gasteiger partial charge on any atom is 0.432 e. The smallest absolute Gasteiger partial charge is 0.432 e. The second-order valence-electron chi connectivity index (χ2n) is 6.95. The zero-order valence-electron chi connectivity index (χ0n) is 16.9. The number of rotatable bonds is 6. The molecule has 0 radical (unpaired) electrons. The Kier molecular flexibility index (Phi) is 7.32. The maximum atomic E-state index is 14.7. The highest BCUT2D eigenvalue weighted by molar-refractivity contribution is 8.00. The Labute approximate surface area is 183 Å². The van der Waals surface area contributed by atoms with Gasteiger partial charge in [0, 0.05) is 17.5 Å². The van der Waals surface area contributed by atoms with Crippen molar-refractivity contribution >= 4 is 29.3 Å². The predicted molar refractivity (Wildman–Crippen MR) is 109 cm³/mol. The molecular formula is C19H19ClF4N2O4S. The monoisotopic (exact) mass is 482 g/mol. The molecule has 1 N–H and O–H groups in total. The largest absolute Gasteiger partial charge is 0.480 e. The third kappa shape index (κ3) is 4.82. The lowest BCUT2D eigenvalue weighted by Gasteiger charge is -2.20. The average molecular weight is 483 g/mol. The molecule has 2 unspecified atom stereocenters. The summed E-state index contributed by atoms with van der Waals surface area (Å²) in [5.74, 6) is -2.56. The predicted octanol–water partition coefficient (Wildman–Crippen LogP) is 4.25. The van der Waals surface area contributed by atoms with Gasteiger partial charge in [0.25, 0.3) is 5.56 Å². The van der Waals surface area contributed by atoms with Gasteiger partial charge in [-0.3, -0.25) is 14.2 Å². The Balaban J connectivity index is 2.77. The summed E-state index contributed by atoms with van der Waals surface area (Å²) in [5.41, 5.74) is -5.60. The van der Waals surface area contributed by atoms with Crippen molar-refractivity contribution in [3.8, 4) is 5.69 Å². The molecule has 12 heteroatoms. The number of nitrogens with zero attached hydrogens (tertiary/aromatic N) is 2. The van der Waals surface area contributed by atoms with Crippen molar-refractivity contribution in [3.63, 3.8) is 0 Å². The van der Waals surface area contributed by atoms with Crippen LogP contribution in [0, 0.1) is 18.7 Å². The fourth-order valence-electron chi connectivity index (χ4n) is 3.01. The molecule has 0 saturated carbocycles. The van der Waals surface area contributed by atoms with Crippen LogP contribution in [0.3, 0.4) is 0 Å². The van der Waals surface area contributed by atoms with Gasteiger partial charge in [-0.2, -0.15) is 13.2 Å². The van der Waals surface area contributed by atoms with Gasteiger partial charge in [0.1, 0.15) is 16.8 Å². The lowest BCUT2D eigenvalue weighted by molar-refractivity contribution is -0.144. The molecule has 2 atom stereocenters. The summed E-state index contributed by atoms with van der Waals surface area (Å²) in [4.78, 5) is 36.8. The van der Waals surface area contributed by atoms with E-state index in [9.17, 15) is 37.1 Å². The Morgan fingerprint density at radius 3 is 2.35 bits per heavy atom. The van der Waals surface area contributed by atoms with Crippen molar-refractivity contribution in [2.45, 2.75) is 43.5 Å². The molecule has 2 aromatic rings. The molecule has 6 nitrogen and oxygen atoms in total. The van der Waals surface area contributed by atoms with Gasteiger partial charge in [0.05, 0.1) is 10.7 Å². The lowest BCUT2D eigenvalue weighted by Crippen LogP contribution is -2.43. The van der Waals surface area contributed by atoms with Crippen molar-refractivity contribution in [1.29, 1.82) is 0 Å². The number of hydrogen-bond acceptors (Lipinski definition) is 4. The molecule has 1 heterocycles. The van der Waals surface area contributed by atoms with E-state index in [2.05, 4.69) is 0 Å². The van der Waals surface area contributed by atoms with Crippen LogP contribution in [0.1, 0.15) is 31.5 Å². The molecule has 2 rings (SSSR count). The number of carbonyl (C=O) groups is 1. The number of alkyl halides is 3. The molecule has 0 saturated heterocycles. The summed E-state index contributed by atoms with van der Waals surface area (Å²) < 4.78 is 55.0. The Hall–Kier alpha value is -2.27. The van der Waals surface area contributed by atoms with Gasteiger partial charge in [0.2, 0.25) is 0 Å². The highest BCUT2D eigenvalue weighted by atomic mass is 35.5. The molecule has 0 fully saturated rings. The third-order valence-corrected chi connectivity index (χ3v) is 6.80. The van der Waals surface area contributed by atoms with Crippen molar-refractivity contribution in [2.24, 2.45) is 13.0 Å². The van der Waals surface area contributed by atoms with Crippen LogP contribution < -0.4 is 11.2 Å². The van der Waals surface area contributed by atoms with Gasteiger partial charge in [0.15, 0.2) is 0 Å². The first-order chi connectivity index (χ1) is 14.2. The van der Waals surface area contributed by atoms with Gasteiger partial charge in [-0.25, -0.2) is 13.8 Å². The minimum Gasteiger partial charge on any atom is -0.480 e. The van der Waals surface area contributed by atoms with Crippen LogP contribution in [0.25, 0.3) is 5.69 Å². The number of hydrogen-bond donors (Lipinski definition) is 1. The van der Waals surface area contributed by atoms with Crippen LogP contribution in [0.2, 0.25) is 5.02 Å². The first kappa shape index (κ1) is 25.0. The van der Waals surface area contributed by atoms with E-state index in [1.807, 2.05) is 0 Å². The van der Waals surface area contributed by atoms with Crippen molar-refractivity contribution in [1.82, 2.24) is 9.13 Å². The quantitative estimate of drug-likeness (QED) is 0.492. The fraction of sp³-hybridized carbons (Fsp3) is 0.421. The molecule has 31 heavy (non-hydrogen) atoms. The molecule has 0 spiro atoms. The minimum absolute atomic E-state index is 0.0669. The van der Waals surface area contributed by atoms with E-state index >= 15 is 0 Å². The van der Waals surface area contributed by atoms with E-state index in [-0.39, 0.29) is 25.0 Å². The van der Waals surface area contributed by atoms with E-state index < -0.39 is 51.4 Å². The SMILES string of the molecule is CCC(C)C(Sc1cc(-n2c(=O)c(C)c(C(F)(F)F)n(C)c2=O)c(F)cc1Cl)C(=O)O. The zero-order valence-corrected chi connectivity index (χ0v) is 18.5. The summed E-state index contributed by atoms with van der Waals surface area (Å²) in [6.45, 7) is 4.37. The number of halogens is 5. The molecule has 0 aliphatic heterocycles. The van der Waals surface area contributed by atoms with Crippen LogP contribution in [-0.4, -0.2) is 25.5 Å². The summed E-state index contributed by atoms with van der Waals surface area (Å²) in [5, 5.41) is 8.36. The van der Waals surface area contributed by atoms with Crippen molar-refractivity contribution in [2.75, 3.05) is 0 Å². The van der Waals surface area contributed by atoms with Gasteiger partial charge in [-0.1, -0.05) is 31.9 Å². The second kappa shape index (κ2) is 9.07. The number of carboxylic acid groups (broad SMARTS) is 1. The maximum absolute atomic E-state index is 14.7. The molecular weight excluding hydrogens is 464 g/mol. The van der Waals surface area contributed by atoms with E-state index in [1.165, 1.54) is 0 Å². The number of aromatic nitrogens is 2. The molecule has 170 valence electrons. The summed E-state index contributed by atoms with van der Waals surface area (Å²) >= 11 is 6.84. The van der Waals surface area contributed by atoms with Crippen molar-refractivity contribution in [3.05, 3.63) is 55.1 Å². The molecule has 0 bridgehead atoms. The van der Waals surface area contributed by atoms with Crippen LogP contribution >= 0.6 is 23.4 Å². The Bertz CT molecular complexity index is 1110. The normalized spacial score (nSPS) is 13.8. The Morgan fingerprint density at radius 1 is 1.29 bits per heavy atom. The average Bonchev–Trinajstić information content (AvgIpc) is 2.65. The summed E-state index contributed by atoms with van der Waals surface area (Å²) in [6.07, 6.45) is -4.45. The number of carboxylic acids is 1. The summed E-state index contributed by atoms with van der Waals surface area (Å²) in [7, 11) is 0.820. The molecule has 1 aromatic heterocycles. The van der Waals surface area contributed by atoms with Crippen LogP contribution in [0.5, 0.6) is 0 Å². The van der Waals surface area contributed by atoms with Crippen LogP contribution in [0.4, 0.5) is 17.6 Å². The second-order valence-corrected chi connectivity index (χ2v) is 8.54. The van der Waals surface area contributed by atoms with Gasteiger partial charge in [-0.05, 0) is 25.0 Å². The van der Waals surface area contributed by atoms with E-state index in [4.69, 9.17) is 11.6 Å². The first-order valence-electron chi connectivity index (χ1n) is 9.01. The molecule has 1 aromatic carbocycles. The Morgan fingerprint density at radius 2 is 1.87 bits per heavy atom. The zero-order chi connectivity index (χ0) is 23.8. The number of aliphatic carboxylic acids is 1. The van der Waals surface area contributed by atoms with Crippen LogP contribution in [0.15, 0.2) is 26.6 Å². The molecule has 0 amide bonds. The van der Waals surface area contributed by atoms with Gasteiger partial charge in [-0.15, -0.1) is 11.8 Å². The van der Waals surface area contributed by atoms with Gasteiger partial charge < -0.3 is 5.11 Å². The number of thioether (sulfide) groups is 1. The topological polar surface area (TPSA) is 81.3 Å². The summed E-state index contributed by atoms with van der Waals surface area (Å²) in [6, 6.07) is 1.78. The molecule has 0 aliphatic carbocycles. The standard InChI is InChI=1S/C19H19ClF4N2O4S/c1-5-8(2)14(17(28)29)31-13-7-12(11(21)6-10(13)20)26-16(27)9(3)15(19(22,23)24)25(4)18(26)30/h6-8,14H,5H2,1-4H3,(H,28,29). The van der Waals surface area contributed by atoms with E-state index in [0.29, 0.717) is 6.42 Å². The van der Waals surface area contributed by atoms with E-state index in [0.717, 1.165) is 37.9 Å². The minimum atomic E-state index is -4.97. The third-order valence-electron chi connectivity index (χ3n) is 4.86. The molecule has 0 aliphatic rings. The highest BCUT2D eigenvalue weighted by Gasteiger charge is 2.38. The van der Waals surface area contributed by atoms with Crippen LogP contribution in [-0.2, 0) is 18.0 Å². The highest BCUT2D eigenvalue weighted by Crippen LogP contribution is 2.37. The first-order valence-corrected chi connectivity index (χ1v) is 10.3. The van der Waals surface area contributed by atoms with Gasteiger partial charge >= 0.3 is 17.8 Å². The number of benzene rings is 1.